The molecule has 4 aliphatic rings. The van der Waals surface area contributed by atoms with E-state index in [0.29, 0.717) is 40.8 Å². The number of hydrogen-bond donors (Lipinski definition) is 1. The highest BCUT2D eigenvalue weighted by molar-refractivity contribution is 7.13. The highest BCUT2D eigenvalue weighted by Gasteiger charge is 2.55. The van der Waals surface area contributed by atoms with Crippen LogP contribution in [-0.2, 0) is 6.54 Å². The van der Waals surface area contributed by atoms with E-state index in [1.165, 1.54) is 23.7 Å². The lowest BCUT2D eigenvalue weighted by molar-refractivity contribution is -0.274. The van der Waals surface area contributed by atoms with Gasteiger partial charge in [-0.2, -0.15) is 4.37 Å². The summed E-state index contributed by atoms with van der Waals surface area (Å²) in [5.74, 6) is -0.311. The van der Waals surface area contributed by atoms with E-state index in [9.17, 15) is 23.1 Å². The van der Waals surface area contributed by atoms with Crippen LogP contribution in [0.4, 0.5) is 18.9 Å². The minimum Gasteiger partial charge on any atom is -0.476 e. The van der Waals surface area contributed by atoms with Crippen LogP contribution in [0.2, 0.25) is 5.02 Å². The van der Waals surface area contributed by atoms with Crippen LogP contribution in [0.1, 0.15) is 79.1 Å². The smallest absolute Gasteiger partial charge is 0.476 e. The van der Waals surface area contributed by atoms with Gasteiger partial charge in [-0.3, -0.25) is 4.90 Å². The van der Waals surface area contributed by atoms with Crippen LogP contribution in [0, 0.1) is 5.41 Å². The lowest BCUT2D eigenvalue weighted by Crippen LogP contribution is -2.57. The van der Waals surface area contributed by atoms with E-state index < -0.39 is 12.3 Å². The zero-order valence-electron chi connectivity index (χ0n) is 25.0. The van der Waals surface area contributed by atoms with E-state index in [2.05, 4.69) is 31.1 Å². The van der Waals surface area contributed by atoms with Crippen LogP contribution in [-0.4, -0.2) is 57.0 Å². The first-order valence-corrected chi connectivity index (χ1v) is 16.8. The summed E-state index contributed by atoms with van der Waals surface area (Å²) in [4.78, 5) is 16.4. The lowest BCUT2D eigenvalue weighted by Gasteiger charge is -2.57. The summed E-state index contributed by atoms with van der Waals surface area (Å²) in [7, 11) is 2.09. The molecule has 2 aliphatic heterocycles. The van der Waals surface area contributed by atoms with Crippen LogP contribution >= 0.6 is 23.1 Å². The Balaban J connectivity index is 0.986. The summed E-state index contributed by atoms with van der Waals surface area (Å²) >= 11 is 7.97. The molecule has 0 amide bonds. The van der Waals surface area contributed by atoms with Gasteiger partial charge in [0.05, 0.1) is 15.4 Å². The first kappa shape index (κ1) is 30.0. The van der Waals surface area contributed by atoms with Crippen molar-refractivity contribution in [3.63, 3.8) is 0 Å². The van der Waals surface area contributed by atoms with Gasteiger partial charge < -0.3 is 19.3 Å². The van der Waals surface area contributed by atoms with E-state index in [0.717, 1.165) is 73.1 Å². The summed E-state index contributed by atoms with van der Waals surface area (Å²) in [5, 5.41) is 14.9. The standard InChI is InChI=1S/C33H32ClF3N4O4S/c1-40(16-23-28(38-45-30(23)17-6-7-17)21-4-2-3-5-26(21)44-33(35,36)37)20-14-32(15-20)12-18-8-9-19(13-32)41(18)25-11-27-22(10-24(25)34)29(31(42)43)39-46-27/h2-5,10-11,17-20H,6-9,12-16H2,1H3,(H,42,43). The Morgan fingerprint density at radius 2 is 1.87 bits per heavy atom. The normalized spacial score (nSPS) is 25.9. The number of carboxylic acid groups (broad SMARTS) is 1. The fourth-order valence-corrected chi connectivity index (χ4v) is 9.38. The molecule has 2 atom stereocenters. The van der Waals surface area contributed by atoms with Crippen molar-refractivity contribution in [1.82, 2.24) is 14.4 Å². The van der Waals surface area contributed by atoms with Gasteiger partial charge in [-0.1, -0.05) is 28.9 Å². The third-order valence-corrected chi connectivity index (χ3v) is 11.6. The van der Waals surface area contributed by atoms with Crippen molar-refractivity contribution in [1.29, 1.82) is 0 Å². The van der Waals surface area contributed by atoms with E-state index >= 15 is 0 Å². The van der Waals surface area contributed by atoms with Gasteiger partial charge in [0.25, 0.3) is 0 Å². The number of piperidine rings is 1. The van der Waals surface area contributed by atoms with Gasteiger partial charge >= 0.3 is 12.3 Å². The molecule has 4 aromatic rings. The van der Waals surface area contributed by atoms with Crippen LogP contribution < -0.4 is 9.64 Å². The van der Waals surface area contributed by atoms with Gasteiger partial charge in [-0.25, -0.2) is 4.79 Å². The molecule has 1 N–H and O–H groups in total. The summed E-state index contributed by atoms with van der Waals surface area (Å²) in [6, 6.07) is 10.9. The first-order valence-electron chi connectivity index (χ1n) is 15.6. The number of anilines is 1. The van der Waals surface area contributed by atoms with E-state index in [1.807, 2.05) is 6.07 Å². The number of carbonyl (C=O) groups is 1. The molecule has 8 nitrogen and oxygen atoms in total. The van der Waals surface area contributed by atoms with E-state index in [-0.39, 0.29) is 28.3 Å². The minimum absolute atomic E-state index is 0.0417. The van der Waals surface area contributed by atoms with Crippen LogP contribution in [0.15, 0.2) is 40.9 Å². The molecule has 2 saturated carbocycles. The zero-order valence-corrected chi connectivity index (χ0v) is 26.6. The maximum Gasteiger partial charge on any atom is 0.573 e. The Labute approximate surface area is 272 Å². The quantitative estimate of drug-likeness (QED) is 0.199. The maximum atomic E-state index is 13.2. The van der Waals surface area contributed by atoms with Gasteiger partial charge in [-0.15, -0.1) is 13.2 Å². The van der Waals surface area contributed by atoms with Crippen molar-refractivity contribution in [2.75, 3.05) is 11.9 Å². The fraction of sp³-hybridized carbons (Fsp3) is 0.485. The Morgan fingerprint density at radius 1 is 1.15 bits per heavy atom. The maximum absolute atomic E-state index is 13.2. The molecule has 4 heterocycles. The number of benzene rings is 2. The van der Waals surface area contributed by atoms with Crippen LogP contribution in [0.5, 0.6) is 5.75 Å². The largest absolute Gasteiger partial charge is 0.573 e. The van der Waals surface area contributed by atoms with Crippen molar-refractivity contribution in [2.24, 2.45) is 5.41 Å². The average Bonchev–Trinajstić information content (AvgIpc) is 3.52. The number of alkyl halides is 3. The third kappa shape index (κ3) is 5.22. The summed E-state index contributed by atoms with van der Waals surface area (Å²) in [6.45, 7) is 0.535. The Bertz CT molecular complexity index is 1820. The molecule has 2 unspecified atom stereocenters. The first-order chi connectivity index (χ1) is 22.0. The molecule has 2 bridgehead atoms. The molecular weight excluding hydrogens is 641 g/mol. The van der Waals surface area contributed by atoms with Crippen molar-refractivity contribution in [2.45, 2.75) is 88.3 Å². The molecule has 2 aromatic heterocycles. The molecule has 0 radical (unpaired) electrons. The topological polar surface area (TPSA) is 91.9 Å². The number of aromatic carboxylic acids is 1. The number of hydrogen-bond acceptors (Lipinski definition) is 8. The Morgan fingerprint density at radius 3 is 2.54 bits per heavy atom. The number of nitrogens with zero attached hydrogens (tertiary/aromatic N) is 4. The monoisotopic (exact) mass is 672 g/mol. The molecule has 13 heteroatoms. The van der Waals surface area contributed by atoms with Crippen molar-refractivity contribution >= 4 is 44.9 Å². The molecule has 2 saturated heterocycles. The van der Waals surface area contributed by atoms with Gasteiger partial charge in [-0.05, 0) is 99.6 Å². The Hall–Kier alpha value is -3.35. The van der Waals surface area contributed by atoms with E-state index in [4.69, 9.17) is 16.1 Å². The highest BCUT2D eigenvalue weighted by atomic mass is 35.5. The highest BCUT2D eigenvalue weighted by Crippen LogP contribution is 2.59. The second-order valence-electron chi connectivity index (χ2n) is 13.5. The van der Waals surface area contributed by atoms with Crippen LogP contribution in [0.3, 0.4) is 0 Å². The second-order valence-corrected chi connectivity index (χ2v) is 14.7. The predicted octanol–water partition coefficient (Wildman–Crippen LogP) is 8.49. The lowest BCUT2D eigenvalue weighted by atomic mass is 9.58. The molecule has 8 rings (SSSR count). The molecule has 46 heavy (non-hydrogen) atoms. The second kappa shape index (κ2) is 10.8. The van der Waals surface area contributed by atoms with Gasteiger partial charge in [0, 0.05) is 47.1 Å². The molecule has 4 fully saturated rings. The Kier molecular flexibility index (Phi) is 7.08. The zero-order chi connectivity index (χ0) is 32.0. The predicted molar refractivity (Wildman–Crippen MR) is 168 cm³/mol. The number of fused-ring (bicyclic) bond motifs is 3. The number of para-hydroxylation sites is 1. The van der Waals surface area contributed by atoms with Crippen molar-refractivity contribution in [3.8, 4) is 17.0 Å². The average molecular weight is 673 g/mol. The number of halogens is 4. The van der Waals surface area contributed by atoms with Crippen molar-refractivity contribution < 1.29 is 32.3 Å². The minimum atomic E-state index is -4.81. The van der Waals surface area contributed by atoms with Crippen molar-refractivity contribution in [3.05, 3.63) is 58.4 Å². The summed E-state index contributed by atoms with van der Waals surface area (Å²) < 4.78 is 54.7. The van der Waals surface area contributed by atoms with E-state index in [1.54, 1.807) is 18.2 Å². The molecule has 242 valence electrons. The number of carboxylic acids is 1. The molecule has 2 aromatic carbocycles. The van der Waals surface area contributed by atoms with Gasteiger partial charge in [0.2, 0.25) is 0 Å². The summed E-state index contributed by atoms with van der Waals surface area (Å²) in [5.41, 5.74) is 2.79. The molecular formula is C33H32ClF3N4O4S. The van der Waals surface area contributed by atoms with Gasteiger partial charge in [0.1, 0.15) is 17.2 Å². The SMILES string of the molecule is CN(Cc1c(-c2ccccc2OC(F)(F)F)noc1C1CC1)C1CC2(C1)CC1CCC(C2)N1c1cc2snc(C(=O)O)c2cc1Cl. The molecule has 2 aliphatic carbocycles. The molecule has 1 spiro atoms. The fourth-order valence-electron chi connectivity index (χ4n) is 8.33. The number of aromatic nitrogens is 2. The third-order valence-electron chi connectivity index (χ3n) is 10.5. The number of ether oxygens (including phenoxy) is 1. The van der Waals surface area contributed by atoms with Crippen LogP contribution in [0.25, 0.3) is 21.3 Å². The summed E-state index contributed by atoms with van der Waals surface area (Å²) in [6.07, 6.45) is 3.60. The van der Waals surface area contributed by atoms with Gasteiger partial charge in [0.15, 0.2) is 5.69 Å². The number of rotatable bonds is 8.